The minimum absolute atomic E-state index is 0.346. The number of aldehydes is 1. The van der Waals surface area contributed by atoms with Gasteiger partial charge in [-0.05, 0) is 6.42 Å². The third-order valence-electron chi connectivity index (χ3n) is 0.788. The Morgan fingerprint density at radius 3 is 2.75 bits per heavy atom. The summed E-state index contributed by atoms with van der Waals surface area (Å²) < 4.78 is 11.7. The van der Waals surface area contributed by atoms with Crippen LogP contribution in [0.1, 0.15) is 12.8 Å². The van der Waals surface area contributed by atoms with Gasteiger partial charge in [0, 0.05) is 20.0 Å². The molecule has 0 aliphatic rings. The SMILES string of the molecule is CN(F)CCCC=O. The third kappa shape index (κ3) is 5.56. The number of carbonyl (C=O) groups excluding carboxylic acids is 1. The zero-order chi connectivity index (χ0) is 6.41. The summed E-state index contributed by atoms with van der Waals surface area (Å²) in [7, 11) is 1.34. The van der Waals surface area contributed by atoms with Crippen molar-refractivity contribution in [2.75, 3.05) is 13.6 Å². The second kappa shape index (κ2) is 4.71. The molecule has 0 fully saturated rings. The first kappa shape index (κ1) is 7.56. The second-order valence-electron chi connectivity index (χ2n) is 1.64. The molecule has 0 saturated carbocycles. The lowest BCUT2D eigenvalue weighted by Gasteiger charge is -1.99. The van der Waals surface area contributed by atoms with E-state index in [1.165, 1.54) is 7.05 Å². The van der Waals surface area contributed by atoms with Crippen LogP contribution in [0.15, 0.2) is 0 Å². The summed E-state index contributed by atoms with van der Waals surface area (Å²) in [6.07, 6.45) is 1.86. The Balaban J connectivity index is 2.81. The zero-order valence-electron chi connectivity index (χ0n) is 4.93. The fraction of sp³-hybridized carbons (Fsp3) is 0.800. The van der Waals surface area contributed by atoms with E-state index in [0.717, 1.165) is 6.29 Å². The van der Waals surface area contributed by atoms with Crippen molar-refractivity contribution in [2.24, 2.45) is 0 Å². The molecule has 8 heavy (non-hydrogen) atoms. The van der Waals surface area contributed by atoms with Crippen molar-refractivity contribution >= 4 is 6.29 Å². The fourth-order valence-corrected chi connectivity index (χ4v) is 0.392. The highest BCUT2D eigenvalue weighted by molar-refractivity contribution is 5.48. The van der Waals surface area contributed by atoms with Gasteiger partial charge in [0.25, 0.3) is 0 Å². The van der Waals surface area contributed by atoms with Gasteiger partial charge in [-0.3, -0.25) is 0 Å². The fourth-order valence-electron chi connectivity index (χ4n) is 0.392. The Bertz CT molecular complexity index is 65.4. The van der Waals surface area contributed by atoms with E-state index < -0.39 is 0 Å². The van der Waals surface area contributed by atoms with Gasteiger partial charge >= 0.3 is 0 Å². The van der Waals surface area contributed by atoms with Crippen LogP contribution in [0.3, 0.4) is 0 Å². The summed E-state index contributed by atoms with van der Waals surface area (Å²) in [6, 6.07) is 0. The van der Waals surface area contributed by atoms with Crippen molar-refractivity contribution in [1.82, 2.24) is 5.12 Å². The molecule has 48 valence electrons. The van der Waals surface area contributed by atoms with Crippen molar-refractivity contribution < 1.29 is 9.28 Å². The molecular weight excluding hydrogens is 109 g/mol. The quantitative estimate of drug-likeness (QED) is 0.309. The van der Waals surface area contributed by atoms with Gasteiger partial charge in [0.2, 0.25) is 0 Å². The molecule has 0 aromatic heterocycles. The van der Waals surface area contributed by atoms with E-state index in [1.54, 1.807) is 0 Å². The summed E-state index contributed by atoms with van der Waals surface area (Å²) in [6.45, 7) is 0.346. The monoisotopic (exact) mass is 119 g/mol. The van der Waals surface area contributed by atoms with Gasteiger partial charge in [-0.25, -0.2) is 0 Å². The zero-order valence-corrected chi connectivity index (χ0v) is 4.93. The maximum Gasteiger partial charge on any atom is 0.120 e. The number of halogens is 1. The first-order valence-electron chi connectivity index (χ1n) is 2.58. The van der Waals surface area contributed by atoms with E-state index in [4.69, 9.17) is 0 Å². The van der Waals surface area contributed by atoms with E-state index in [9.17, 15) is 9.28 Å². The molecule has 0 N–H and O–H groups in total. The molecule has 0 radical (unpaired) electrons. The highest BCUT2D eigenvalue weighted by atomic mass is 19.2. The molecule has 0 amide bonds. The number of rotatable bonds is 4. The van der Waals surface area contributed by atoms with Crippen molar-refractivity contribution in [3.05, 3.63) is 0 Å². The molecule has 3 heteroatoms. The molecule has 0 bridgehead atoms. The largest absolute Gasteiger partial charge is 0.303 e. The molecule has 0 rings (SSSR count). The summed E-state index contributed by atoms with van der Waals surface area (Å²) in [5, 5.41) is 0.573. The molecule has 0 heterocycles. The molecule has 0 saturated heterocycles. The van der Waals surface area contributed by atoms with Crippen molar-refractivity contribution in [2.45, 2.75) is 12.8 Å². The van der Waals surface area contributed by atoms with Crippen LogP contribution in [0, 0.1) is 0 Å². The minimum atomic E-state index is 0.346. The van der Waals surface area contributed by atoms with Crippen LogP contribution >= 0.6 is 0 Å². The highest BCUT2D eigenvalue weighted by Gasteiger charge is 1.90. The van der Waals surface area contributed by atoms with Crippen LogP contribution in [-0.2, 0) is 4.79 Å². The van der Waals surface area contributed by atoms with Gasteiger partial charge in [0.1, 0.15) is 6.29 Å². The Kier molecular flexibility index (Phi) is 4.45. The highest BCUT2D eigenvalue weighted by Crippen LogP contribution is 1.88. The summed E-state index contributed by atoms with van der Waals surface area (Å²) in [5.41, 5.74) is 0. The van der Waals surface area contributed by atoms with Crippen molar-refractivity contribution in [3.63, 3.8) is 0 Å². The first-order valence-corrected chi connectivity index (χ1v) is 2.58. The number of hydrogen-bond donors (Lipinski definition) is 0. The molecule has 0 aromatic rings. The van der Waals surface area contributed by atoms with Gasteiger partial charge in [-0.1, -0.05) is 0 Å². The Morgan fingerprint density at radius 2 is 2.38 bits per heavy atom. The molecular formula is C5H10FNO. The molecule has 0 atom stereocenters. The van der Waals surface area contributed by atoms with Crippen LogP contribution < -0.4 is 0 Å². The van der Waals surface area contributed by atoms with E-state index in [2.05, 4.69) is 0 Å². The van der Waals surface area contributed by atoms with E-state index in [1.807, 2.05) is 0 Å². The van der Waals surface area contributed by atoms with Crippen molar-refractivity contribution in [1.29, 1.82) is 0 Å². The normalized spacial score (nSPS) is 9.88. The lowest BCUT2D eigenvalue weighted by Crippen LogP contribution is -2.07. The molecule has 2 nitrogen and oxygen atoms in total. The topological polar surface area (TPSA) is 20.3 Å². The van der Waals surface area contributed by atoms with Crippen molar-refractivity contribution in [3.8, 4) is 0 Å². The Hall–Kier alpha value is -0.440. The number of nitrogens with zero attached hydrogens (tertiary/aromatic N) is 1. The molecule has 0 unspecified atom stereocenters. The average Bonchev–Trinajstić information content (AvgIpc) is 1.66. The molecule has 0 aromatic carbocycles. The first-order chi connectivity index (χ1) is 3.77. The predicted molar refractivity (Wildman–Crippen MR) is 29.0 cm³/mol. The van der Waals surface area contributed by atoms with E-state index in [0.29, 0.717) is 24.5 Å². The number of hydrogen-bond acceptors (Lipinski definition) is 2. The lowest BCUT2D eigenvalue weighted by atomic mass is 10.3. The van der Waals surface area contributed by atoms with Gasteiger partial charge in [0.05, 0.1) is 0 Å². The number of carbonyl (C=O) groups is 1. The standard InChI is InChI=1S/C5H10FNO/c1-7(6)4-2-3-5-8/h5H,2-4H2,1H3. The van der Waals surface area contributed by atoms with Gasteiger partial charge in [-0.2, -0.15) is 0 Å². The average molecular weight is 119 g/mol. The molecule has 0 spiro atoms. The summed E-state index contributed by atoms with van der Waals surface area (Å²) >= 11 is 0. The number of unbranched alkanes of at least 4 members (excludes halogenated alkanes) is 1. The van der Waals surface area contributed by atoms with Gasteiger partial charge in [-0.15, -0.1) is 9.60 Å². The second-order valence-corrected chi connectivity index (χ2v) is 1.64. The smallest absolute Gasteiger partial charge is 0.120 e. The van der Waals surface area contributed by atoms with Gasteiger partial charge < -0.3 is 4.79 Å². The summed E-state index contributed by atoms with van der Waals surface area (Å²) in [5.74, 6) is 0. The van der Waals surface area contributed by atoms with E-state index >= 15 is 0 Å². The lowest BCUT2D eigenvalue weighted by molar-refractivity contribution is -0.108. The minimum Gasteiger partial charge on any atom is -0.303 e. The third-order valence-corrected chi connectivity index (χ3v) is 0.788. The van der Waals surface area contributed by atoms with Crippen LogP contribution in [-0.4, -0.2) is 25.0 Å². The Labute approximate surface area is 48.2 Å². The van der Waals surface area contributed by atoms with Crippen LogP contribution in [0.25, 0.3) is 0 Å². The van der Waals surface area contributed by atoms with E-state index in [-0.39, 0.29) is 0 Å². The summed E-state index contributed by atoms with van der Waals surface area (Å²) in [4.78, 5) is 9.65. The maximum absolute atomic E-state index is 11.7. The Morgan fingerprint density at radius 1 is 1.75 bits per heavy atom. The molecule has 0 aliphatic heterocycles. The van der Waals surface area contributed by atoms with Gasteiger partial charge in [0.15, 0.2) is 0 Å². The van der Waals surface area contributed by atoms with Crippen LogP contribution in [0.4, 0.5) is 4.48 Å². The molecule has 0 aliphatic carbocycles. The van der Waals surface area contributed by atoms with Crippen LogP contribution in [0.5, 0.6) is 0 Å². The maximum atomic E-state index is 11.7. The predicted octanol–water partition coefficient (Wildman–Crippen LogP) is 0.782. The van der Waals surface area contributed by atoms with Crippen LogP contribution in [0.2, 0.25) is 0 Å².